The SMILES string of the molecule is COc1ccc([C@@H](CC(=O)NCCc2ccc(O)cc2)c2c(O)cc(C)oc2=O)c(OC)c1OC. The van der Waals surface area contributed by atoms with Crippen molar-refractivity contribution >= 4 is 5.91 Å². The molecule has 0 saturated carbocycles. The molecule has 35 heavy (non-hydrogen) atoms. The molecule has 0 aliphatic heterocycles. The van der Waals surface area contributed by atoms with Gasteiger partial charge in [0.05, 0.1) is 26.9 Å². The number of rotatable bonds is 10. The normalized spacial score (nSPS) is 11.5. The van der Waals surface area contributed by atoms with Crippen molar-refractivity contribution in [3.05, 3.63) is 75.3 Å². The van der Waals surface area contributed by atoms with E-state index in [-0.39, 0.29) is 40.9 Å². The molecule has 1 aromatic heterocycles. The molecule has 1 atom stereocenters. The molecule has 0 fully saturated rings. The number of amides is 1. The van der Waals surface area contributed by atoms with Crippen molar-refractivity contribution in [1.29, 1.82) is 0 Å². The van der Waals surface area contributed by atoms with Gasteiger partial charge >= 0.3 is 5.63 Å². The predicted octanol–water partition coefficient (Wildman–Crippen LogP) is 3.27. The molecule has 0 radical (unpaired) electrons. The van der Waals surface area contributed by atoms with E-state index in [4.69, 9.17) is 18.6 Å². The second-order valence-corrected chi connectivity index (χ2v) is 7.89. The van der Waals surface area contributed by atoms with Gasteiger partial charge < -0.3 is 34.2 Å². The topological polar surface area (TPSA) is 127 Å². The van der Waals surface area contributed by atoms with Crippen LogP contribution in [0.1, 0.15) is 34.8 Å². The van der Waals surface area contributed by atoms with E-state index in [9.17, 15) is 19.8 Å². The van der Waals surface area contributed by atoms with Gasteiger partial charge in [0, 0.05) is 30.5 Å². The summed E-state index contributed by atoms with van der Waals surface area (Å²) in [6.07, 6.45) is 0.386. The third kappa shape index (κ3) is 5.87. The molecule has 1 heterocycles. The fourth-order valence-electron chi connectivity index (χ4n) is 3.96. The van der Waals surface area contributed by atoms with Crippen LogP contribution in [-0.4, -0.2) is 44.0 Å². The molecule has 0 aliphatic rings. The predicted molar refractivity (Wildman–Crippen MR) is 129 cm³/mol. The molecule has 0 aliphatic carbocycles. The monoisotopic (exact) mass is 483 g/mol. The molecule has 9 heteroatoms. The van der Waals surface area contributed by atoms with Crippen molar-refractivity contribution in [2.24, 2.45) is 0 Å². The van der Waals surface area contributed by atoms with Gasteiger partial charge in [-0.25, -0.2) is 4.79 Å². The van der Waals surface area contributed by atoms with Crippen molar-refractivity contribution in [3.8, 4) is 28.7 Å². The summed E-state index contributed by atoms with van der Waals surface area (Å²) in [5.41, 5.74) is 0.583. The zero-order chi connectivity index (χ0) is 25.5. The quantitative estimate of drug-likeness (QED) is 0.401. The number of nitrogens with one attached hydrogen (secondary N) is 1. The minimum atomic E-state index is -0.893. The van der Waals surface area contributed by atoms with E-state index in [1.165, 1.54) is 27.4 Å². The van der Waals surface area contributed by atoms with E-state index in [0.29, 0.717) is 30.0 Å². The first-order chi connectivity index (χ1) is 16.8. The molecule has 2 aromatic carbocycles. The van der Waals surface area contributed by atoms with Crippen LogP contribution >= 0.6 is 0 Å². The number of aryl methyl sites for hydroxylation is 1. The number of carbonyl (C=O) groups excluding carboxylic acids is 1. The number of benzene rings is 2. The Balaban J connectivity index is 1.95. The van der Waals surface area contributed by atoms with E-state index in [0.717, 1.165) is 5.56 Å². The third-order valence-electron chi connectivity index (χ3n) is 5.61. The fourth-order valence-corrected chi connectivity index (χ4v) is 3.96. The first-order valence-electron chi connectivity index (χ1n) is 11.0. The Hall–Kier alpha value is -4.14. The van der Waals surface area contributed by atoms with Crippen LogP contribution < -0.4 is 25.2 Å². The number of aromatic hydroxyl groups is 2. The summed E-state index contributed by atoms with van der Waals surface area (Å²) in [5, 5.41) is 22.9. The minimum Gasteiger partial charge on any atom is -0.508 e. The Bertz CT molecular complexity index is 1230. The smallest absolute Gasteiger partial charge is 0.343 e. The first kappa shape index (κ1) is 25.5. The summed E-state index contributed by atoms with van der Waals surface area (Å²) in [6, 6.07) is 11.3. The van der Waals surface area contributed by atoms with Gasteiger partial charge in [-0.2, -0.15) is 0 Å². The molecule has 1 amide bonds. The molecule has 3 rings (SSSR count). The van der Waals surface area contributed by atoms with Crippen LogP contribution in [0.3, 0.4) is 0 Å². The Morgan fingerprint density at radius 1 is 1.00 bits per heavy atom. The second kappa shape index (κ2) is 11.3. The van der Waals surface area contributed by atoms with Crippen LogP contribution in [0.2, 0.25) is 0 Å². The molecular formula is C26H29NO8. The Labute approximate surface area is 202 Å². The van der Waals surface area contributed by atoms with Gasteiger partial charge in [-0.1, -0.05) is 18.2 Å². The molecule has 0 bridgehead atoms. The number of hydrogen-bond donors (Lipinski definition) is 3. The van der Waals surface area contributed by atoms with Crippen LogP contribution in [0.25, 0.3) is 0 Å². The lowest BCUT2D eigenvalue weighted by Gasteiger charge is -2.22. The maximum atomic E-state index is 12.9. The number of hydrogen-bond acceptors (Lipinski definition) is 8. The second-order valence-electron chi connectivity index (χ2n) is 7.89. The molecule has 186 valence electrons. The first-order valence-corrected chi connectivity index (χ1v) is 11.0. The van der Waals surface area contributed by atoms with E-state index in [1.807, 2.05) is 0 Å². The summed E-state index contributed by atoms with van der Waals surface area (Å²) in [4.78, 5) is 25.7. The van der Waals surface area contributed by atoms with Gasteiger partial charge in [0.15, 0.2) is 11.5 Å². The highest BCUT2D eigenvalue weighted by molar-refractivity contribution is 5.78. The minimum absolute atomic E-state index is 0.0604. The molecule has 0 saturated heterocycles. The lowest BCUT2D eigenvalue weighted by atomic mass is 9.87. The van der Waals surface area contributed by atoms with E-state index in [1.54, 1.807) is 43.3 Å². The summed E-state index contributed by atoms with van der Waals surface area (Å²) >= 11 is 0. The standard InChI is InChI=1S/C26H29NO8/c1-15-13-20(29)23(26(31)35-15)19(18-9-10-21(32-2)25(34-4)24(18)33-3)14-22(30)27-12-11-16-5-7-17(28)8-6-16/h5-10,13,19,28-29H,11-12,14H2,1-4H3,(H,27,30)/t19-/m1/s1. The van der Waals surface area contributed by atoms with Gasteiger partial charge in [0.1, 0.15) is 17.3 Å². The van der Waals surface area contributed by atoms with Gasteiger partial charge in [0.2, 0.25) is 11.7 Å². The number of phenols is 1. The van der Waals surface area contributed by atoms with Crippen molar-refractivity contribution in [1.82, 2.24) is 5.32 Å². The van der Waals surface area contributed by atoms with Crippen LogP contribution in [0.4, 0.5) is 0 Å². The Morgan fingerprint density at radius 2 is 1.69 bits per heavy atom. The third-order valence-corrected chi connectivity index (χ3v) is 5.61. The van der Waals surface area contributed by atoms with Gasteiger partial charge in [-0.3, -0.25) is 4.79 Å². The molecule has 3 aromatic rings. The average Bonchev–Trinajstić information content (AvgIpc) is 2.83. The summed E-state index contributed by atoms with van der Waals surface area (Å²) in [6.45, 7) is 1.89. The van der Waals surface area contributed by atoms with Crippen LogP contribution in [0.5, 0.6) is 28.7 Å². The highest BCUT2D eigenvalue weighted by Gasteiger charge is 2.30. The maximum absolute atomic E-state index is 12.9. The van der Waals surface area contributed by atoms with E-state index < -0.39 is 11.5 Å². The molecule has 3 N–H and O–H groups in total. The van der Waals surface area contributed by atoms with Crippen LogP contribution in [0, 0.1) is 6.92 Å². The van der Waals surface area contributed by atoms with Gasteiger partial charge in [-0.05, 0) is 37.1 Å². The van der Waals surface area contributed by atoms with Crippen molar-refractivity contribution in [3.63, 3.8) is 0 Å². The zero-order valence-corrected chi connectivity index (χ0v) is 20.1. The van der Waals surface area contributed by atoms with Gasteiger partial charge in [0.25, 0.3) is 0 Å². The van der Waals surface area contributed by atoms with Crippen molar-refractivity contribution in [2.75, 3.05) is 27.9 Å². The lowest BCUT2D eigenvalue weighted by molar-refractivity contribution is -0.121. The van der Waals surface area contributed by atoms with E-state index >= 15 is 0 Å². The summed E-state index contributed by atoms with van der Waals surface area (Å²) < 4.78 is 21.6. The van der Waals surface area contributed by atoms with Gasteiger partial charge in [-0.15, -0.1) is 0 Å². The Morgan fingerprint density at radius 3 is 2.29 bits per heavy atom. The van der Waals surface area contributed by atoms with Crippen LogP contribution in [0.15, 0.2) is 51.7 Å². The summed E-state index contributed by atoms with van der Waals surface area (Å²) in [5.74, 6) is -0.133. The number of ether oxygens (including phenoxy) is 3. The highest BCUT2D eigenvalue weighted by Crippen LogP contribution is 2.45. The molecule has 0 spiro atoms. The number of carbonyl (C=O) groups is 1. The number of phenolic OH excluding ortho intramolecular Hbond substituents is 1. The maximum Gasteiger partial charge on any atom is 0.343 e. The van der Waals surface area contributed by atoms with Crippen LogP contribution in [-0.2, 0) is 11.2 Å². The van der Waals surface area contributed by atoms with Crippen molar-refractivity contribution in [2.45, 2.75) is 25.7 Å². The Kier molecular flexibility index (Phi) is 8.25. The largest absolute Gasteiger partial charge is 0.508 e. The lowest BCUT2D eigenvalue weighted by Crippen LogP contribution is -2.29. The summed E-state index contributed by atoms with van der Waals surface area (Å²) in [7, 11) is 4.37. The number of methoxy groups -OCH3 is 3. The van der Waals surface area contributed by atoms with Crippen molar-refractivity contribution < 1.29 is 33.6 Å². The fraction of sp³-hybridized carbons (Fsp3) is 0.308. The van der Waals surface area contributed by atoms with E-state index in [2.05, 4.69) is 5.32 Å². The molecule has 9 nitrogen and oxygen atoms in total. The zero-order valence-electron chi connectivity index (χ0n) is 20.1. The average molecular weight is 484 g/mol. The highest BCUT2D eigenvalue weighted by atomic mass is 16.5. The molecular weight excluding hydrogens is 454 g/mol. The molecule has 0 unspecified atom stereocenters.